The fourth-order valence-electron chi connectivity index (χ4n) is 1.94. The summed E-state index contributed by atoms with van der Waals surface area (Å²) in [7, 11) is 0. The van der Waals surface area contributed by atoms with E-state index >= 15 is 0 Å². The van der Waals surface area contributed by atoms with Crippen molar-refractivity contribution in [1.29, 1.82) is 0 Å². The molecule has 5 heteroatoms. The highest BCUT2D eigenvalue weighted by molar-refractivity contribution is 5.89. The summed E-state index contributed by atoms with van der Waals surface area (Å²) in [6.45, 7) is 6.49. The lowest BCUT2D eigenvalue weighted by Crippen LogP contribution is -2.52. The van der Waals surface area contributed by atoms with Crippen molar-refractivity contribution in [1.82, 2.24) is 5.32 Å². The van der Waals surface area contributed by atoms with Crippen LogP contribution in [0.1, 0.15) is 39.7 Å². The molecule has 2 atom stereocenters. The highest BCUT2D eigenvalue weighted by Gasteiger charge is 2.39. The maximum absolute atomic E-state index is 12.2. The van der Waals surface area contributed by atoms with E-state index in [9.17, 15) is 19.8 Å². The fourth-order valence-corrected chi connectivity index (χ4v) is 1.94. The van der Waals surface area contributed by atoms with Gasteiger partial charge < -0.3 is 15.5 Å². The molecule has 0 aliphatic carbocycles. The molecule has 0 radical (unpaired) electrons. The smallest absolute Gasteiger partial charge is 0.314 e. The van der Waals surface area contributed by atoms with E-state index < -0.39 is 28.9 Å². The normalized spacial score (nSPS) is 15.9. The van der Waals surface area contributed by atoms with Crippen LogP contribution in [0.3, 0.4) is 0 Å². The summed E-state index contributed by atoms with van der Waals surface area (Å²) in [6, 6.07) is 8.67. The van der Waals surface area contributed by atoms with Crippen molar-refractivity contribution in [3.8, 4) is 0 Å². The van der Waals surface area contributed by atoms with Crippen LogP contribution in [0.15, 0.2) is 30.3 Å². The molecule has 1 amide bonds. The first-order chi connectivity index (χ1) is 9.59. The standard InChI is InChI=1S/C16H23NO4/c1-11(18)15(2,3)17-13(19)10-16(4,14(20)21)12-8-6-5-7-9-12/h5-9,11,18H,10H2,1-4H3,(H,17,19)(H,20,21). The lowest BCUT2D eigenvalue weighted by atomic mass is 9.79. The highest BCUT2D eigenvalue weighted by Crippen LogP contribution is 2.28. The number of aliphatic hydroxyl groups excluding tert-OH is 1. The zero-order chi connectivity index (χ0) is 16.3. The number of aliphatic carboxylic acids is 1. The number of carboxylic acids is 1. The lowest BCUT2D eigenvalue weighted by Gasteiger charge is -2.32. The van der Waals surface area contributed by atoms with Crippen molar-refractivity contribution in [3.63, 3.8) is 0 Å². The Morgan fingerprint density at radius 3 is 2.14 bits per heavy atom. The minimum atomic E-state index is -1.31. The minimum Gasteiger partial charge on any atom is -0.481 e. The molecule has 0 bridgehead atoms. The highest BCUT2D eigenvalue weighted by atomic mass is 16.4. The topological polar surface area (TPSA) is 86.6 Å². The van der Waals surface area contributed by atoms with E-state index in [4.69, 9.17) is 0 Å². The van der Waals surface area contributed by atoms with E-state index in [1.165, 1.54) is 6.92 Å². The Labute approximate surface area is 125 Å². The molecule has 0 fully saturated rings. The molecule has 0 aliphatic rings. The van der Waals surface area contributed by atoms with E-state index in [-0.39, 0.29) is 6.42 Å². The molecule has 116 valence electrons. The summed E-state index contributed by atoms with van der Waals surface area (Å²) in [5.74, 6) is -1.46. The number of hydrogen-bond donors (Lipinski definition) is 3. The lowest BCUT2D eigenvalue weighted by molar-refractivity contribution is -0.146. The first kappa shape index (κ1) is 17.2. The Kier molecular flexibility index (Phi) is 5.12. The van der Waals surface area contributed by atoms with Crippen molar-refractivity contribution in [2.45, 2.75) is 51.2 Å². The monoisotopic (exact) mass is 293 g/mol. The predicted molar refractivity (Wildman–Crippen MR) is 79.9 cm³/mol. The van der Waals surface area contributed by atoms with Crippen LogP contribution in [-0.4, -0.2) is 33.7 Å². The Bertz CT molecular complexity index is 510. The van der Waals surface area contributed by atoms with Gasteiger partial charge in [0.2, 0.25) is 5.91 Å². The Morgan fingerprint density at radius 2 is 1.71 bits per heavy atom. The van der Waals surface area contributed by atoms with Gasteiger partial charge in [-0.05, 0) is 33.3 Å². The molecule has 0 heterocycles. The van der Waals surface area contributed by atoms with Gasteiger partial charge in [-0.15, -0.1) is 0 Å². The molecule has 3 N–H and O–H groups in total. The SMILES string of the molecule is CC(O)C(C)(C)NC(=O)CC(C)(C(=O)O)c1ccccc1. The van der Waals surface area contributed by atoms with Crippen molar-refractivity contribution < 1.29 is 19.8 Å². The van der Waals surface area contributed by atoms with Crippen molar-refractivity contribution in [3.05, 3.63) is 35.9 Å². The third-order valence-corrected chi connectivity index (χ3v) is 3.90. The van der Waals surface area contributed by atoms with Crippen LogP contribution in [0.2, 0.25) is 0 Å². The van der Waals surface area contributed by atoms with Gasteiger partial charge in [0.25, 0.3) is 0 Å². The van der Waals surface area contributed by atoms with Gasteiger partial charge in [0, 0.05) is 6.42 Å². The quantitative estimate of drug-likeness (QED) is 0.745. The van der Waals surface area contributed by atoms with E-state index in [0.717, 1.165) is 0 Å². The summed E-state index contributed by atoms with van der Waals surface area (Å²) >= 11 is 0. The van der Waals surface area contributed by atoms with Gasteiger partial charge in [-0.3, -0.25) is 9.59 Å². The first-order valence-corrected chi connectivity index (χ1v) is 6.87. The van der Waals surface area contributed by atoms with E-state index in [2.05, 4.69) is 5.32 Å². The van der Waals surface area contributed by atoms with Gasteiger partial charge in [-0.25, -0.2) is 0 Å². The first-order valence-electron chi connectivity index (χ1n) is 6.87. The Balaban J connectivity index is 2.95. The van der Waals surface area contributed by atoms with Crippen molar-refractivity contribution in [2.75, 3.05) is 0 Å². The molecule has 1 aromatic carbocycles. The van der Waals surface area contributed by atoms with Gasteiger partial charge in [0.05, 0.1) is 17.1 Å². The van der Waals surface area contributed by atoms with Crippen molar-refractivity contribution >= 4 is 11.9 Å². The zero-order valence-corrected chi connectivity index (χ0v) is 12.9. The second-order valence-corrected chi connectivity index (χ2v) is 6.13. The maximum Gasteiger partial charge on any atom is 0.314 e. The molecule has 5 nitrogen and oxygen atoms in total. The number of benzene rings is 1. The molecular weight excluding hydrogens is 270 g/mol. The van der Waals surface area contributed by atoms with Gasteiger partial charge in [0.15, 0.2) is 0 Å². The number of carboxylic acid groups (broad SMARTS) is 1. The van der Waals surface area contributed by atoms with Crippen LogP contribution in [0, 0.1) is 0 Å². The minimum absolute atomic E-state index is 0.192. The van der Waals surface area contributed by atoms with Gasteiger partial charge in [-0.2, -0.15) is 0 Å². The van der Waals surface area contributed by atoms with Gasteiger partial charge >= 0.3 is 5.97 Å². The molecule has 0 saturated carbocycles. The molecule has 0 aromatic heterocycles. The number of aliphatic hydroxyl groups is 1. The summed E-state index contributed by atoms with van der Waals surface area (Å²) < 4.78 is 0. The second kappa shape index (κ2) is 6.26. The average Bonchev–Trinajstić information content (AvgIpc) is 2.38. The molecule has 21 heavy (non-hydrogen) atoms. The largest absolute Gasteiger partial charge is 0.481 e. The van der Waals surface area contributed by atoms with E-state index in [1.807, 2.05) is 0 Å². The Hall–Kier alpha value is -1.88. The fraction of sp³-hybridized carbons (Fsp3) is 0.500. The van der Waals surface area contributed by atoms with E-state index in [1.54, 1.807) is 51.1 Å². The molecule has 0 aliphatic heterocycles. The molecular formula is C16H23NO4. The average molecular weight is 293 g/mol. The third kappa shape index (κ3) is 4.04. The number of carbonyl (C=O) groups is 2. The summed E-state index contributed by atoms with van der Waals surface area (Å²) in [5.41, 5.74) is -1.55. The number of nitrogens with one attached hydrogen (secondary N) is 1. The summed E-state index contributed by atoms with van der Waals surface area (Å²) in [5, 5.41) is 21.8. The molecule has 1 aromatic rings. The van der Waals surface area contributed by atoms with Gasteiger partial charge in [0.1, 0.15) is 0 Å². The van der Waals surface area contributed by atoms with Gasteiger partial charge in [-0.1, -0.05) is 30.3 Å². The van der Waals surface area contributed by atoms with Crippen LogP contribution >= 0.6 is 0 Å². The zero-order valence-electron chi connectivity index (χ0n) is 12.9. The summed E-state index contributed by atoms with van der Waals surface area (Å²) in [4.78, 5) is 23.8. The second-order valence-electron chi connectivity index (χ2n) is 6.13. The molecule has 0 saturated heterocycles. The predicted octanol–water partition coefficient (Wildman–Crippen LogP) is 1.69. The van der Waals surface area contributed by atoms with E-state index in [0.29, 0.717) is 5.56 Å². The van der Waals surface area contributed by atoms with Crippen molar-refractivity contribution in [2.24, 2.45) is 0 Å². The van der Waals surface area contributed by atoms with Crippen LogP contribution in [0.25, 0.3) is 0 Å². The maximum atomic E-state index is 12.2. The van der Waals surface area contributed by atoms with Crippen LogP contribution in [0.5, 0.6) is 0 Å². The molecule has 1 rings (SSSR count). The van der Waals surface area contributed by atoms with Crippen LogP contribution in [-0.2, 0) is 15.0 Å². The molecule has 0 spiro atoms. The van der Waals surface area contributed by atoms with Crippen LogP contribution < -0.4 is 5.32 Å². The number of rotatable bonds is 6. The number of carbonyl (C=O) groups excluding carboxylic acids is 1. The third-order valence-electron chi connectivity index (χ3n) is 3.90. The van der Waals surface area contributed by atoms with Crippen LogP contribution in [0.4, 0.5) is 0 Å². The number of amides is 1. The Morgan fingerprint density at radius 1 is 1.19 bits per heavy atom. The summed E-state index contributed by atoms with van der Waals surface area (Å²) in [6.07, 6.45) is -0.933. The number of hydrogen-bond acceptors (Lipinski definition) is 3. The molecule has 2 unspecified atom stereocenters.